The third-order valence-electron chi connectivity index (χ3n) is 3.28. The number of nitrogens with zero attached hydrogens (tertiary/aromatic N) is 4. The number of primary amides is 1. The lowest BCUT2D eigenvalue weighted by molar-refractivity contribution is -0.129. The van der Waals surface area contributed by atoms with Gasteiger partial charge in [-0.3, -0.25) is 9.59 Å². The van der Waals surface area contributed by atoms with E-state index in [1.807, 2.05) is 6.92 Å². The minimum atomic E-state index is -0.768. The van der Waals surface area contributed by atoms with Gasteiger partial charge in [0.2, 0.25) is 17.6 Å². The molecule has 1 aromatic carbocycles. The highest BCUT2D eigenvalue weighted by molar-refractivity contribution is 6.30. The molecular weight excluding hydrogens is 320 g/mol. The quantitative estimate of drug-likeness (QED) is 0.814. The minimum absolute atomic E-state index is 0.385. The second kappa shape index (κ2) is 7.19. The highest BCUT2D eigenvalue weighted by Crippen LogP contribution is 2.18. The maximum Gasteiger partial charge on any atom is 0.247 e. The van der Waals surface area contributed by atoms with Gasteiger partial charge >= 0.3 is 0 Å². The van der Waals surface area contributed by atoms with Crippen LogP contribution in [0.4, 0.5) is 0 Å². The third-order valence-corrected chi connectivity index (χ3v) is 3.54. The van der Waals surface area contributed by atoms with E-state index in [0.29, 0.717) is 17.3 Å². The molecule has 8 nitrogen and oxygen atoms in total. The van der Waals surface area contributed by atoms with Crippen molar-refractivity contribution in [2.24, 2.45) is 5.73 Å². The topological polar surface area (TPSA) is 116 Å². The van der Waals surface area contributed by atoms with Crippen LogP contribution in [0.1, 0.15) is 26.3 Å². The van der Waals surface area contributed by atoms with Gasteiger partial charge in [0.05, 0.1) is 0 Å². The molecule has 0 saturated carbocycles. The fourth-order valence-corrected chi connectivity index (χ4v) is 2.03. The van der Waals surface area contributed by atoms with E-state index in [-0.39, 0.29) is 5.91 Å². The molecule has 0 fully saturated rings. The number of benzene rings is 1. The van der Waals surface area contributed by atoms with Gasteiger partial charge in [0.15, 0.2) is 6.04 Å². The van der Waals surface area contributed by atoms with Crippen LogP contribution in [0.5, 0.6) is 0 Å². The fraction of sp³-hybridized carbons (Fsp3) is 0.357. The van der Waals surface area contributed by atoms with Gasteiger partial charge in [0.25, 0.3) is 0 Å². The predicted molar refractivity (Wildman–Crippen MR) is 84.4 cm³/mol. The van der Waals surface area contributed by atoms with Crippen molar-refractivity contribution in [1.82, 2.24) is 25.5 Å². The number of tetrazole rings is 1. The molecule has 122 valence electrons. The van der Waals surface area contributed by atoms with E-state index >= 15 is 0 Å². The van der Waals surface area contributed by atoms with Crippen molar-refractivity contribution in [3.05, 3.63) is 29.3 Å². The fourth-order valence-electron chi connectivity index (χ4n) is 1.91. The molecule has 0 radical (unpaired) electrons. The minimum Gasteiger partial charge on any atom is -0.368 e. The third kappa shape index (κ3) is 4.04. The lowest BCUT2D eigenvalue weighted by Gasteiger charge is -2.16. The van der Waals surface area contributed by atoms with Gasteiger partial charge in [-0.25, -0.2) is 0 Å². The Balaban J connectivity index is 2.18. The van der Waals surface area contributed by atoms with E-state index in [1.165, 1.54) is 11.7 Å². The van der Waals surface area contributed by atoms with Crippen LogP contribution in [-0.4, -0.2) is 38.1 Å². The number of aromatic nitrogens is 4. The largest absolute Gasteiger partial charge is 0.368 e. The molecule has 2 unspecified atom stereocenters. The molecule has 2 aromatic rings. The first kappa shape index (κ1) is 16.9. The molecule has 0 spiro atoms. The zero-order valence-electron chi connectivity index (χ0n) is 12.7. The Morgan fingerprint density at radius 2 is 2.00 bits per heavy atom. The lowest BCUT2D eigenvalue weighted by atomic mass is 10.2. The van der Waals surface area contributed by atoms with Crippen LogP contribution in [0, 0.1) is 0 Å². The zero-order valence-corrected chi connectivity index (χ0v) is 13.5. The van der Waals surface area contributed by atoms with Crippen molar-refractivity contribution >= 4 is 23.4 Å². The summed E-state index contributed by atoms with van der Waals surface area (Å²) in [6.07, 6.45) is 0.438. The smallest absolute Gasteiger partial charge is 0.247 e. The summed E-state index contributed by atoms with van der Waals surface area (Å²) in [5.74, 6) is -0.615. The predicted octanol–water partition coefficient (Wildman–Crippen LogP) is 0.935. The summed E-state index contributed by atoms with van der Waals surface area (Å²) in [6, 6.07) is 5.52. The molecule has 0 bridgehead atoms. The Labute approximate surface area is 138 Å². The Bertz CT molecular complexity index is 700. The number of nitrogens with two attached hydrogens (primary N) is 1. The molecule has 2 amide bonds. The van der Waals surface area contributed by atoms with Crippen LogP contribution < -0.4 is 11.1 Å². The average molecular weight is 337 g/mol. The van der Waals surface area contributed by atoms with Crippen molar-refractivity contribution < 1.29 is 9.59 Å². The summed E-state index contributed by atoms with van der Waals surface area (Å²) >= 11 is 5.84. The van der Waals surface area contributed by atoms with Crippen LogP contribution in [-0.2, 0) is 9.59 Å². The number of hydrogen-bond acceptors (Lipinski definition) is 5. The molecule has 0 aliphatic heterocycles. The molecule has 2 atom stereocenters. The van der Waals surface area contributed by atoms with Crippen molar-refractivity contribution in [1.29, 1.82) is 0 Å². The second-order valence-corrected chi connectivity index (χ2v) is 5.43. The van der Waals surface area contributed by atoms with Crippen LogP contribution in [0.15, 0.2) is 24.3 Å². The van der Waals surface area contributed by atoms with Gasteiger partial charge in [-0.2, -0.15) is 4.80 Å². The number of halogens is 1. The first-order valence-electron chi connectivity index (χ1n) is 7.07. The summed E-state index contributed by atoms with van der Waals surface area (Å²) in [7, 11) is 0. The monoisotopic (exact) mass is 336 g/mol. The standard InChI is InChI=1S/C14H17ClN6O2/c1-3-11(14(23)17-8(2)12(16)22)21-19-13(18-20-21)9-4-6-10(15)7-5-9/h4-8,11H,3H2,1-2H3,(H2,16,22)(H,17,23). The van der Waals surface area contributed by atoms with E-state index in [0.717, 1.165) is 5.56 Å². The van der Waals surface area contributed by atoms with E-state index in [4.69, 9.17) is 17.3 Å². The number of hydrogen-bond donors (Lipinski definition) is 2. The molecule has 0 saturated heterocycles. The van der Waals surface area contributed by atoms with Gasteiger partial charge in [-0.1, -0.05) is 18.5 Å². The van der Waals surface area contributed by atoms with Gasteiger partial charge in [0, 0.05) is 10.6 Å². The van der Waals surface area contributed by atoms with Crippen LogP contribution in [0.2, 0.25) is 5.02 Å². The Morgan fingerprint density at radius 1 is 1.35 bits per heavy atom. The van der Waals surface area contributed by atoms with Crippen LogP contribution in [0.25, 0.3) is 11.4 Å². The normalized spacial score (nSPS) is 13.3. The molecule has 2 rings (SSSR count). The van der Waals surface area contributed by atoms with E-state index < -0.39 is 18.0 Å². The molecule has 0 aliphatic carbocycles. The van der Waals surface area contributed by atoms with E-state index in [2.05, 4.69) is 20.7 Å². The first-order valence-corrected chi connectivity index (χ1v) is 7.45. The van der Waals surface area contributed by atoms with Gasteiger partial charge in [-0.15, -0.1) is 10.2 Å². The first-order chi connectivity index (χ1) is 10.9. The SMILES string of the molecule is CCC(C(=O)NC(C)C(N)=O)n1nnc(-c2ccc(Cl)cc2)n1. The molecule has 23 heavy (non-hydrogen) atoms. The number of carbonyl (C=O) groups excluding carboxylic acids is 2. The Kier molecular flexibility index (Phi) is 5.28. The molecular formula is C14H17ClN6O2. The average Bonchev–Trinajstić information content (AvgIpc) is 2.98. The zero-order chi connectivity index (χ0) is 17.0. The molecule has 0 aliphatic rings. The summed E-state index contributed by atoms with van der Waals surface area (Å²) in [5.41, 5.74) is 5.88. The van der Waals surface area contributed by atoms with Gasteiger partial charge in [-0.05, 0) is 42.8 Å². The molecule has 1 aromatic heterocycles. The number of amides is 2. The van der Waals surface area contributed by atoms with Crippen molar-refractivity contribution in [3.63, 3.8) is 0 Å². The summed E-state index contributed by atoms with van der Waals surface area (Å²) < 4.78 is 0. The Morgan fingerprint density at radius 3 is 2.57 bits per heavy atom. The highest BCUT2D eigenvalue weighted by atomic mass is 35.5. The highest BCUT2D eigenvalue weighted by Gasteiger charge is 2.24. The van der Waals surface area contributed by atoms with Crippen LogP contribution >= 0.6 is 11.6 Å². The second-order valence-electron chi connectivity index (χ2n) is 5.00. The van der Waals surface area contributed by atoms with E-state index in [1.54, 1.807) is 24.3 Å². The molecule has 3 N–H and O–H groups in total. The number of nitrogens with one attached hydrogen (secondary N) is 1. The van der Waals surface area contributed by atoms with Crippen molar-refractivity contribution in [2.45, 2.75) is 32.4 Å². The summed E-state index contributed by atoms with van der Waals surface area (Å²) in [4.78, 5) is 24.5. The van der Waals surface area contributed by atoms with Gasteiger partial charge in [0.1, 0.15) is 6.04 Å². The Hall–Kier alpha value is -2.48. The number of carbonyl (C=O) groups is 2. The van der Waals surface area contributed by atoms with E-state index in [9.17, 15) is 9.59 Å². The maximum atomic E-state index is 12.2. The lowest BCUT2D eigenvalue weighted by Crippen LogP contribution is -2.45. The molecule has 1 heterocycles. The molecule has 9 heteroatoms. The van der Waals surface area contributed by atoms with Gasteiger partial charge < -0.3 is 11.1 Å². The van der Waals surface area contributed by atoms with Crippen LogP contribution in [0.3, 0.4) is 0 Å². The maximum absolute atomic E-state index is 12.2. The summed E-state index contributed by atoms with van der Waals surface area (Å²) in [6.45, 7) is 3.32. The van der Waals surface area contributed by atoms with Crippen molar-refractivity contribution in [3.8, 4) is 11.4 Å². The number of rotatable bonds is 6. The summed E-state index contributed by atoms with van der Waals surface area (Å²) in [5, 5.41) is 15.2. The van der Waals surface area contributed by atoms with Crippen molar-refractivity contribution in [2.75, 3.05) is 0 Å².